The van der Waals surface area contributed by atoms with Gasteiger partial charge >= 0.3 is 0 Å². The second kappa shape index (κ2) is 8.32. The number of aromatic nitrogens is 3. The molecule has 0 unspecified atom stereocenters. The van der Waals surface area contributed by atoms with E-state index >= 15 is 0 Å². The third kappa shape index (κ3) is 4.81. The van der Waals surface area contributed by atoms with E-state index < -0.39 is 10.0 Å². The molecular formula is C19H21N5O3S. The van der Waals surface area contributed by atoms with Crippen LogP contribution in [-0.2, 0) is 10.0 Å². The van der Waals surface area contributed by atoms with Crippen LogP contribution in [0.4, 0.5) is 5.82 Å². The largest absolute Gasteiger partial charge is 0.369 e. The van der Waals surface area contributed by atoms with E-state index in [-0.39, 0.29) is 17.2 Å². The van der Waals surface area contributed by atoms with Crippen molar-refractivity contribution < 1.29 is 13.2 Å². The van der Waals surface area contributed by atoms with E-state index in [1.807, 2.05) is 29.1 Å². The van der Waals surface area contributed by atoms with Crippen LogP contribution in [0.3, 0.4) is 0 Å². The lowest BCUT2D eigenvalue weighted by molar-refractivity contribution is 0.101. The first-order valence-electron chi connectivity index (χ1n) is 8.69. The number of carbonyl (C=O) groups excluding carboxylic acids is 1. The lowest BCUT2D eigenvalue weighted by Gasteiger charge is -2.11. The van der Waals surface area contributed by atoms with Crippen molar-refractivity contribution in [2.24, 2.45) is 0 Å². The highest BCUT2D eigenvalue weighted by Gasteiger charge is 2.14. The van der Waals surface area contributed by atoms with E-state index in [1.165, 1.54) is 19.1 Å². The Morgan fingerprint density at radius 3 is 2.54 bits per heavy atom. The van der Waals surface area contributed by atoms with Crippen molar-refractivity contribution in [3.8, 4) is 5.82 Å². The van der Waals surface area contributed by atoms with Gasteiger partial charge in [0.25, 0.3) is 0 Å². The zero-order valence-electron chi connectivity index (χ0n) is 15.6. The minimum atomic E-state index is -3.70. The molecule has 0 atom stereocenters. The van der Waals surface area contributed by atoms with Crippen LogP contribution in [0.25, 0.3) is 5.82 Å². The fourth-order valence-corrected chi connectivity index (χ4v) is 3.68. The highest BCUT2D eigenvalue weighted by atomic mass is 32.2. The molecule has 146 valence electrons. The summed E-state index contributed by atoms with van der Waals surface area (Å²) < 4.78 is 29.2. The number of hydrogen-bond acceptors (Lipinski definition) is 6. The molecule has 1 aromatic carbocycles. The Balaban J connectivity index is 1.61. The standard InChI is InChI=1S/C19H21N5O3S/c1-14(25)16-6-5-7-17(12-16)28(26,27)21-9-8-20-18-13-19(23-15(2)22-18)24-10-3-4-11-24/h3-7,10-13,21H,8-9H2,1-2H3,(H,20,22,23). The van der Waals surface area contributed by atoms with Gasteiger partial charge in [-0.05, 0) is 38.1 Å². The van der Waals surface area contributed by atoms with Crippen LogP contribution >= 0.6 is 0 Å². The Hall–Kier alpha value is -3.04. The lowest BCUT2D eigenvalue weighted by Crippen LogP contribution is -2.29. The number of benzene rings is 1. The molecule has 0 spiro atoms. The third-order valence-electron chi connectivity index (χ3n) is 3.97. The van der Waals surface area contributed by atoms with E-state index in [9.17, 15) is 13.2 Å². The highest BCUT2D eigenvalue weighted by Crippen LogP contribution is 2.13. The number of Topliss-reactive ketones (excluding diaryl/α,β-unsaturated/α-hetero) is 1. The van der Waals surface area contributed by atoms with Gasteiger partial charge < -0.3 is 9.88 Å². The molecule has 0 bridgehead atoms. The Morgan fingerprint density at radius 1 is 1.07 bits per heavy atom. The van der Waals surface area contributed by atoms with Gasteiger partial charge in [0.1, 0.15) is 17.5 Å². The Morgan fingerprint density at radius 2 is 1.82 bits per heavy atom. The maximum atomic E-state index is 12.4. The molecule has 3 rings (SSSR count). The second-order valence-electron chi connectivity index (χ2n) is 6.16. The summed E-state index contributed by atoms with van der Waals surface area (Å²) in [6, 6.07) is 11.6. The van der Waals surface area contributed by atoms with Crippen molar-refractivity contribution in [1.82, 2.24) is 19.3 Å². The van der Waals surface area contributed by atoms with Gasteiger partial charge in [0.15, 0.2) is 5.78 Å². The van der Waals surface area contributed by atoms with Crippen LogP contribution in [0.5, 0.6) is 0 Å². The summed E-state index contributed by atoms with van der Waals surface area (Å²) in [5, 5.41) is 3.10. The number of carbonyl (C=O) groups is 1. The molecule has 9 heteroatoms. The van der Waals surface area contributed by atoms with Crippen LogP contribution in [-0.4, -0.2) is 41.8 Å². The fraction of sp³-hybridized carbons (Fsp3) is 0.211. The summed E-state index contributed by atoms with van der Waals surface area (Å²) in [5.74, 6) is 1.75. The van der Waals surface area contributed by atoms with Gasteiger partial charge in [-0.3, -0.25) is 4.79 Å². The van der Waals surface area contributed by atoms with Gasteiger partial charge in [-0.2, -0.15) is 0 Å². The van der Waals surface area contributed by atoms with Crippen molar-refractivity contribution in [2.45, 2.75) is 18.7 Å². The minimum absolute atomic E-state index is 0.0629. The van der Waals surface area contributed by atoms with Gasteiger partial charge in [0.05, 0.1) is 4.90 Å². The minimum Gasteiger partial charge on any atom is -0.369 e. The van der Waals surface area contributed by atoms with Gasteiger partial charge in [0.2, 0.25) is 10.0 Å². The Labute approximate surface area is 163 Å². The van der Waals surface area contributed by atoms with Crippen LogP contribution in [0, 0.1) is 6.92 Å². The molecule has 0 aliphatic rings. The van der Waals surface area contributed by atoms with Crippen molar-refractivity contribution >= 4 is 21.6 Å². The molecule has 0 radical (unpaired) electrons. The van der Waals surface area contributed by atoms with Crippen LogP contribution in [0.2, 0.25) is 0 Å². The maximum Gasteiger partial charge on any atom is 0.240 e. The van der Waals surface area contributed by atoms with Crippen molar-refractivity contribution in [3.05, 3.63) is 66.2 Å². The van der Waals surface area contributed by atoms with Crippen molar-refractivity contribution in [3.63, 3.8) is 0 Å². The van der Waals surface area contributed by atoms with Gasteiger partial charge in [-0.25, -0.2) is 23.1 Å². The molecule has 8 nitrogen and oxygen atoms in total. The topological polar surface area (TPSA) is 106 Å². The van der Waals surface area contributed by atoms with E-state index in [2.05, 4.69) is 20.0 Å². The molecule has 2 heterocycles. The molecule has 3 aromatic rings. The predicted molar refractivity (Wildman–Crippen MR) is 106 cm³/mol. The number of nitrogens with one attached hydrogen (secondary N) is 2. The molecule has 0 saturated heterocycles. The number of sulfonamides is 1. The molecule has 2 N–H and O–H groups in total. The van der Waals surface area contributed by atoms with Crippen LogP contribution in [0.15, 0.2) is 59.8 Å². The highest BCUT2D eigenvalue weighted by molar-refractivity contribution is 7.89. The van der Waals surface area contributed by atoms with E-state index in [1.54, 1.807) is 25.1 Å². The third-order valence-corrected chi connectivity index (χ3v) is 5.43. The summed E-state index contributed by atoms with van der Waals surface area (Å²) in [6.07, 6.45) is 3.77. The summed E-state index contributed by atoms with van der Waals surface area (Å²) in [4.78, 5) is 20.2. The number of ketones is 1. The van der Waals surface area contributed by atoms with Gasteiger partial charge in [-0.1, -0.05) is 12.1 Å². The average Bonchev–Trinajstić information content (AvgIpc) is 3.20. The summed E-state index contributed by atoms with van der Waals surface area (Å²) in [5.41, 5.74) is 0.356. The smallest absolute Gasteiger partial charge is 0.240 e. The van der Waals surface area contributed by atoms with Gasteiger partial charge in [-0.15, -0.1) is 0 Å². The lowest BCUT2D eigenvalue weighted by atomic mass is 10.2. The molecule has 0 fully saturated rings. The summed E-state index contributed by atoms with van der Waals surface area (Å²) in [7, 11) is -3.70. The predicted octanol–water partition coefficient (Wildman–Crippen LogP) is 2.17. The molecule has 0 amide bonds. The zero-order chi connectivity index (χ0) is 20.1. The monoisotopic (exact) mass is 399 g/mol. The Bertz CT molecular complexity index is 1080. The van der Waals surface area contributed by atoms with E-state index in [0.29, 0.717) is 23.8 Å². The van der Waals surface area contributed by atoms with E-state index in [0.717, 1.165) is 5.82 Å². The van der Waals surface area contributed by atoms with Crippen molar-refractivity contribution in [1.29, 1.82) is 0 Å². The normalized spacial score (nSPS) is 11.4. The Kier molecular flexibility index (Phi) is 5.86. The SMILES string of the molecule is CC(=O)c1cccc(S(=O)(=O)NCCNc2cc(-n3cccc3)nc(C)n2)c1. The molecule has 0 saturated carbocycles. The summed E-state index contributed by atoms with van der Waals surface area (Å²) >= 11 is 0. The summed E-state index contributed by atoms with van der Waals surface area (Å²) in [6.45, 7) is 3.69. The van der Waals surface area contributed by atoms with Crippen molar-refractivity contribution in [2.75, 3.05) is 18.4 Å². The molecule has 0 aliphatic carbocycles. The van der Waals surface area contributed by atoms with Gasteiger partial charge in [0, 0.05) is 37.1 Å². The molecule has 2 aromatic heterocycles. The fourth-order valence-electron chi connectivity index (χ4n) is 2.60. The molecule has 0 aliphatic heterocycles. The zero-order valence-corrected chi connectivity index (χ0v) is 16.4. The number of anilines is 1. The van der Waals surface area contributed by atoms with E-state index in [4.69, 9.17) is 0 Å². The number of nitrogens with zero attached hydrogens (tertiary/aromatic N) is 3. The maximum absolute atomic E-state index is 12.4. The number of hydrogen-bond donors (Lipinski definition) is 2. The quantitative estimate of drug-likeness (QED) is 0.444. The average molecular weight is 399 g/mol. The first kappa shape index (κ1) is 19.7. The molecular weight excluding hydrogens is 378 g/mol. The number of aryl methyl sites for hydroxylation is 1. The molecule has 28 heavy (non-hydrogen) atoms. The van der Waals surface area contributed by atoms with Crippen LogP contribution in [0.1, 0.15) is 23.1 Å². The first-order valence-corrected chi connectivity index (χ1v) is 10.2. The van der Waals surface area contributed by atoms with Crippen LogP contribution < -0.4 is 10.0 Å². The first-order chi connectivity index (χ1) is 13.3. The number of rotatable bonds is 8. The second-order valence-corrected chi connectivity index (χ2v) is 7.92.